The molecule has 4 nitrogen and oxygen atoms in total. The second kappa shape index (κ2) is 6.31. The number of hydrogen-bond donors (Lipinski definition) is 1. The summed E-state index contributed by atoms with van der Waals surface area (Å²) < 4.78 is 0. The topological polar surface area (TPSA) is 35.6 Å². The SMILES string of the molecule is C=CCN1CCN(C(=O)C2CCNc3ccccc32)CC1. The Morgan fingerprint density at radius 2 is 2.05 bits per heavy atom. The average molecular weight is 285 g/mol. The number of nitrogens with one attached hydrogen (secondary N) is 1. The third-order valence-electron chi connectivity index (χ3n) is 4.45. The molecule has 0 saturated carbocycles. The van der Waals surface area contributed by atoms with Gasteiger partial charge in [-0.25, -0.2) is 0 Å². The number of nitrogens with zero attached hydrogens (tertiary/aromatic N) is 2. The molecule has 1 aromatic rings. The van der Waals surface area contributed by atoms with E-state index in [2.05, 4.69) is 28.9 Å². The smallest absolute Gasteiger partial charge is 0.230 e. The van der Waals surface area contributed by atoms with Crippen LogP contribution in [-0.2, 0) is 4.79 Å². The summed E-state index contributed by atoms with van der Waals surface area (Å²) in [5.41, 5.74) is 2.27. The predicted octanol–water partition coefficient (Wildman–Crippen LogP) is 1.92. The van der Waals surface area contributed by atoms with Crippen LogP contribution >= 0.6 is 0 Å². The van der Waals surface area contributed by atoms with E-state index in [0.29, 0.717) is 5.91 Å². The fourth-order valence-corrected chi connectivity index (χ4v) is 3.28. The van der Waals surface area contributed by atoms with Gasteiger partial charge in [0.25, 0.3) is 0 Å². The standard InChI is InChI=1S/C17H23N3O/c1-2-9-19-10-12-20(13-11-19)17(21)15-7-8-18-16-6-4-3-5-14(15)16/h2-6,15,18H,1,7-13H2. The van der Waals surface area contributed by atoms with Crippen LogP contribution < -0.4 is 5.32 Å². The molecule has 2 aliphatic rings. The van der Waals surface area contributed by atoms with Gasteiger partial charge >= 0.3 is 0 Å². The van der Waals surface area contributed by atoms with Crippen molar-refractivity contribution in [1.82, 2.24) is 9.80 Å². The molecule has 21 heavy (non-hydrogen) atoms. The number of carbonyl (C=O) groups is 1. The molecule has 0 spiro atoms. The molecule has 0 aliphatic carbocycles. The first kappa shape index (κ1) is 14.1. The van der Waals surface area contributed by atoms with Crippen LogP contribution in [0.1, 0.15) is 17.9 Å². The molecule has 1 saturated heterocycles. The van der Waals surface area contributed by atoms with E-state index in [-0.39, 0.29) is 5.92 Å². The third-order valence-corrected chi connectivity index (χ3v) is 4.45. The predicted molar refractivity (Wildman–Crippen MR) is 85.5 cm³/mol. The molecule has 1 aromatic carbocycles. The van der Waals surface area contributed by atoms with Crippen molar-refractivity contribution in [2.75, 3.05) is 44.6 Å². The Balaban J connectivity index is 1.68. The van der Waals surface area contributed by atoms with Gasteiger partial charge in [0.05, 0.1) is 5.92 Å². The number of hydrogen-bond acceptors (Lipinski definition) is 3. The van der Waals surface area contributed by atoms with Crippen molar-refractivity contribution >= 4 is 11.6 Å². The maximum atomic E-state index is 12.8. The summed E-state index contributed by atoms with van der Waals surface area (Å²) in [5.74, 6) is 0.315. The van der Waals surface area contributed by atoms with Crippen molar-refractivity contribution in [2.45, 2.75) is 12.3 Å². The van der Waals surface area contributed by atoms with Crippen LogP contribution in [0.15, 0.2) is 36.9 Å². The van der Waals surface area contributed by atoms with E-state index in [1.54, 1.807) is 0 Å². The second-order valence-electron chi connectivity index (χ2n) is 5.77. The molecule has 1 atom stereocenters. The number of fused-ring (bicyclic) bond motifs is 1. The van der Waals surface area contributed by atoms with Gasteiger partial charge in [-0.1, -0.05) is 24.3 Å². The van der Waals surface area contributed by atoms with Crippen molar-refractivity contribution in [1.29, 1.82) is 0 Å². The first-order valence-corrected chi connectivity index (χ1v) is 7.74. The Morgan fingerprint density at radius 1 is 1.29 bits per heavy atom. The number of piperazine rings is 1. The molecule has 1 N–H and O–H groups in total. The van der Waals surface area contributed by atoms with Gasteiger partial charge in [0.1, 0.15) is 0 Å². The van der Waals surface area contributed by atoms with E-state index in [4.69, 9.17) is 0 Å². The van der Waals surface area contributed by atoms with Gasteiger partial charge in [0.2, 0.25) is 5.91 Å². The van der Waals surface area contributed by atoms with Gasteiger partial charge in [-0.15, -0.1) is 6.58 Å². The summed E-state index contributed by atoms with van der Waals surface area (Å²) in [6, 6.07) is 8.19. The monoisotopic (exact) mass is 285 g/mol. The van der Waals surface area contributed by atoms with Crippen molar-refractivity contribution < 1.29 is 4.79 Å². The quantitative estimate of drug-likeness (QED) is 0.862. The lowest BCUT2D eigenvalue weighted by Gasteiger charge is -2.37. The first-order valence-electron chi connectivity index (χ1n) is 7.74. The minimum atomic E-state index is 0.0217. The fourth-order valence-electron chi connectivity index (χ4n) is 3.28. The van der Waals surface area contributed by atoms with Gasteiger partial charge in [0, 0.05) is 45.0 Å². The molecule has 1 fully saturated rings. The molecule has 0 aromatic heterocycles. The zero-order chi connectivity index (χ0) is 14.7. The van der Waals surface area contributed by atoms with E-state index in [9.17, 15) is 4.79 Å². The molecule has 0 radical (unpaired) electrons. The van der Waals surface area contributed by atoms with Crippen LogP contribution in [0.25, 0.3) is 0 Å². The van der Waals surface area contributed by atoms with E-state index in [0.717, 1.165) is 56.9 Å². The largest absolute Gasteiger partial charge is 0.385 e. The Bertz CT molecular complexity index is 521. The highest BCUT2D eigenvalue weighted by Crippen LogP contribution is 2.32. The molecular formula is C17H23N3O. The maximum Gasteiger partial charge on any atom is 0.230 e. The summed E-state index contributed by atoms with van der Waals surface area (Å²) in [7, 11) is 0. The van der Waals surface area contributed by atoms with Gasteiger partial charge < -0.3 is 10.2 Å². The number of para-hydroxylation sites is 1. The van der Waals surface area contributed by atoms with Crippen LogP contribution in [0.3, 0.4) is 0 Å². The van der Waals surface area contributed by atoms with Crippen LogP contribution in [0.4, 0.5) is 5.69 Å². The molecule has 1 amide bonds. The Morgan fingerprint density at radius 3 is 2.81 bits per heavy atom. The molecule has 4 heteroatoms. The zero-order valence-corrected chi connectivity index (χ0v) is 12.4. The van der Waals surface area contributed by atoms with Crippen molar-refractivity contribution in [3.63, 3.8) is 0 Å². The number of benzene rings is 1. The van der Waals surface area contributed by atoms with Gasteiger partial charge in [0.15, 0.2) is 0 Å². The molecular weight excluding hydrogens is 262 g/mol. The molecule has 2 aliphatic heterocycles. The molecule has 0 bridgehead atoms. The molecule has 3 rings (SSSR count). The van der Waals surface area contributed by atoms with Gasteiger partial charge in [-0.3, -0.25) is 9.69 Å². The summed E-state index contributed by atoms with van der Waals surface area (Å²) in [4.78, 5) is 17.2. The molecule has 112 valence electrons. The van der Waals surface area contributed by atoms with Crippen molar-refractivity contribution in [2.24, 2.45) is 0 Å². The van der Waals surface area contributed by atoms with Crippen molar-refractivity contribution in [3.8, 4) is 0 Å². The average Bonchev–Trinajstić information content (AvgIpc) is 2.55. The summed E-state index contributed by atoms with van der Waals surface area (Å²) in [6.07, 6.45) is 2.82. The number of amides is 1. The van der Waals surface area contributed by atoms with E-state index in [1.165, 1.54) is 0 Å². The number of rotatable bonds is 3. The van der Waals surface area contributed by atoms with E-state index < -0.39 is 0 Å². The fraction of sp³-hybridized carbons (Fsp3) is 0.471. The van der Waals surface area contributed by atoms with Crippen LogP contribution in [0, 0.1) is 0 Å². The van der Waals surface area contributed by atoms with Crippen molar-refractivity contribution in [3.05, 3.63) is 42.5 Å². The Hall–Kier alpha value is -1.81. The number of carbonyl (C=O) groups excluding carboxylic acids is 1. The van der Waals surface area contributed by atoms with Crippen LogP contribution in [-0.4, -0.2) is 55.0 Å². The van der Waals surface area contributed by atoms with Crippen LogP contribution in [0.2, 0.25) is 0 Å². The second-order valence-corrected chi connectivity index (χ2v) is 5.77. The van der Waals surface area contributed by atoms with Gasteiger partial charge in [-0.05, 0) is 18.1 Å². The zero-order valence-electron chi connectivity index (χ0n) is 12.4. The first-order chi connectivity index (χ1) is 10.3. The lowest BCUT2D eigenvalue weighted by atomic mass is 9.89. The molecule has 2 heterocycles. The van der Waals surface area contributed by atoms with E-state index >= 15 is 0 Å². The highest BCUT2D eigenvalue weighted by Gasteiger charge is 2.31. The van der Waals surface area contributed by atoms with Crippen LogP contribution in [0.5, 0.6) is 0 Å². The number of anilines is 1. The lowest BCUT2D eigenvalue weighted by Crippen LogP contribution is -2.50. The lowest BCUT2D eigenvalue weighted by molar-refractivity contribution is -0.134. The molecule has 1 unspecified atom stereocenters. The van der Waals surface area contributed by atoms with E-state index in [1.807, 2.05) is 23.1 Å². The highest BCUT2D eigenvalue weighted by molar-refractivity contribution is 5.86. The minimum Gasteiger partial charge on any atom is -0.385 e. The summed E-state index contributed by atoms with van der Waals surface area (Å²) in [6.45, 7) is 9.13. The Kier molecular flexibility index (Phi) is 4.25. The third kappa shape index (κ3) is 2.95. The highest BCUT2D eigenvalue weighted by atomic mass is 16.2. The van der Waals surface area contributed by atoms with Gasteiger partial charge in [-0.2, -0.15) is 0 Å². The minimum absolute atomic E-state index is 0.0217. The normalized spacial score (nSPS) is 22.3. The summed E-state index contributed by atoms with van der Waals surface area (Å²) in [5, 5.41) is 3.38. The summed E-state index contributed by atoms with van der Waals surface area (Å²) >= 11 is 0. The maximum absolute atomic E-state index is 12.8. The Labute approximate surface area is 126 Å².